The first-order valence-corrected chi connectivity index (χ1v) is 4.01. The molecule has 0 unspecified atom stereocenters. The highest BCUT2D eigenvalue weighted by Crippen LogP contribution is 2.26. The molecular weight excluding hydrogens is 269 g/mol. The fourth-order valence-electron chi connectivity index (χ4n) is 0.336. The number of hydrogen-bond donors (Lipinski definition) is 0. The molecule has 66 valence electrons. The van der Waals surface area contributed by atoms with Crippen molar-refractivity contribution in [2.45, 2.75) is 30.3 Å². The Morgan fingerprint density at radius 2 is 1.73 bits per heavy atom. The lowest BCUT2D eigenvalue weighted by Crippen LogP contribution is -2.32. The number of alkyl halides is 3. The van der Waals surface area contributed by atoms with Crippen LogP contribution < -0.4 is 0 Å². The minimum Gasteiger partial charge on any atom is -0.455 e. The van der Waals surface area contributed by atoms with Crippen LogP contribution in [0.1, 0.15) is 20.8 Å². The van der Waals surface area contributed by atoms with E-state index in [2.05, 4.69) is 4.74 Å². The highest BCUT2D eigenvalue weighted by Gasteiger charge is 2.39. The van der Waals surface area contributed by atoms with Crippen LogP contribution in [0, 0.1) is 0 Å². The number of carbonyl (C=O) groups excluding carboxylic acids is 1. The van der Waals surface area contributed by atoms with Gasteiger partial charge in [-0.3, -0.25) is 0 Å². The van der Waals surface area contributed by atoms with Crippen molar-refractivity contribution in [2.24, 2.45) is 0 Å². The van der Waals surface area contributed by atoms with E-state index in [4.69, 9.17) is 0 Å². The first-order valence-electron chi connectivity index (χ1n) is 2.93. The van der Waals surface area contributed by atoms with Crippen LogP contribution in [0.4, 0.5) is 8.78 Å². The number of ether oxygens (including phenoxy) is 1. The second-order valence-electron chi connectivity index (χ2n) is 3.00. The van der Waals surface area contributed by atoms with Crippen LogP contribution in [0.2, 0.25) is 0 Å². The number of esters is 1. The van der Waals surface area contributed by atoms with Crippen LogP contribution in [-0.2, 0) is 9.53 Å². The van der Waals surface area contributed by atoms with Crippen molar-refractivity contribution < 1.29 is 18.3 Å². The van der Waals surface area contributed by atoms with Gasteiger partial charge in [0.25, 0.3) is 0 Å². The Morgan fingerprint density at radius 1 is 1.36 bits per heavy atom. The second kappa shape index (κ2) is 3.20. The van der Waals surface area contributed by atoms with Crippen molar-refractivity contribution in [3.8, 4) is 0 Å². The van der Waals surface area contributed by atoms with Crippen LogP contribution in [0.15, 0.2) is 0 Å². The molecule has 0 spiro atoms. The molecular formula is C6H9F2IO2. The zero-order chi connectivity index (χ0) is 9.28. The molecule has 0 heterocycles. The topological polar surface area (TPSA) is 26.3 Å². The van der Waals surface area contributed by atoms with Gasteiger partial charge in [-0.25, -0.2) is 4.79 Å². The quantitative estimate of drug-likeness (QED) is 0.418. The highest BCUT2D eigenvalue weighted by molar-refractivity contribution is 14.1. The molecule has 0 aliphatic carbocycles. The largest absolute Gasteiger partial charge is 0.455 e. The lowest BCUT2D eigenvalue weighted by molar-refractivity contribution is -0.169. The van der Waals surface area contributed by atoms with Gasteiger partial charge in [0.15, 0.2) is 0 Å². The van der Waals surface area contributed by atoms with E-state index < -0.39 is 15.5 Å². The van der Waals surface area contributed by atoms with Crippen molar-refractivity contribution in [2.75, 3.05) is 0 Å². The van der Waals surface area contributed by atoms with Gasteiger partial charge in [-0.1, -0.05) is 0 Å². The third-order valence-electron chi connectivity index (χ3n) is 0.630. The molecule has 0 fully saturated rings. The molecule has 0 aromatic heterocycles. The van der Waals surface area contributed by atoms with Crippen LogP contribution in [0.25, 0.3) is 0 Å². The molecule has 0 bridgehead atoms. The predicted octanol–water partition coefficient (Wildman–Crippen LogP) is 2.36. The molecule has 0 atom stereocenters. The molecule has 0 aliphatic rings. The number of halogens is 3. The van der Waals surface area contributed by atoms with E-state index in [9.17, 15) is 13.6 Å². The van der Waals surface area contributed by atoms with Crippen LogP contribution in [-0.4, -0.2) is 15.5 Å². The summed E-state index contributed by atoms with van der Waals surface area (Å²) in [7, 11) is 0. The van der Waals surface area contributed by atoms with Gasteiger partial charge in [0.05, 0.1) is 0 Å². The van der Waals surface area contributed by atoms with Gasteiger partial charge in [0.2, 0.25) is 0 Å². The summed E-state index contributed by atoms with van der Waals surface area (Å²) in [5, 5.41) is 0. The monoisotopic (exact) mass is 278 g/mol. The maximum atomic E-state index is 12.2. The molecule has 0 N–H and O–H groups in total. The number of hydrogen-bond acceptors (Lipinski definition) is 2. The molecule has 2 nitrogen and oxygen atoms in total. The van der Waals surface area contributed by atoms with Gasteiger partial charge in [-0.2, -0.15) is 8.78 Å². The Bertz CT molecular complexity index is 157. The van der Waals surface area contributed by atoms with Crippen molar-refractivity contribution in [3.05, 3.63) is 0 Å². The fourth-order valence-corrected chi connectivity index (χ4v) is 0.446. The Kier molecular flexibility index (Phi) is 3.22. The maximum absolute atomic E-state index is 12.2. The molecule has 0 rings (SSSR count). The van der Waals surface area contributed by atoms with E-state index in [1.165, 1.54) is 20.8 Å². The molecule has 0 saturated heterocycles. The minimum atomic E-state index is -3.43. The normalized spacial score (nSPS) is 12.9. The lowest BCUT2D eigenvalue weighted by Gasteiger charge is -2.20. The second-order valence-corrected chi connectivity index (χ2v) is 4.35. The molecule has 11 heavy (non-hydrogen) atoms. The number of rotatable bonds is 1. The van der Waals surface area contributed by atoms with Gasteiger partial charge in [0.1, 0.15) is 5.60 Å². The van der Waals surface area contributed by atoms with E-state index in [0.29, 0.717) is 0 Å². The summed E-state index contributed by atoms with van der Waals surface area (Å²) in [4.78, 5) is 10.5. The van der Waals surface area contributed by atoms with Gasteiger partial charge >= 0.3 is 9.90 Å². The van der Waals surface area contributed by atoms with Crippen LogP contribution in [0.3, 0.4) is 0 Å². The first-order chi connectivity index (χ1) is 4.63. The molecule has 0 aromatic rings. The Balaban J connectivity index is 4.11. The molecule has 0 radical (unpaired) electrons. The van der Waals surface area contributed by atoms with Gasteiger partial charge in [-0.05, 0) is 20.8 Å². The average Bonchev–Trinajstić information content (AvgIpc) is 1.56. The van der Waals surface area contributed by atoms with Crippen LogP contribution in [0.5, 0.6) is 0 Å². The molecule has 0 saturated carbocycles. The summed E-state index contributed by atoms with van der Waals surface area (Å²) < 4.78 is 25.3. The fraction of sp³-hybridized carbons (Fsp3) is 0.833. The zero-order valence-corrected chi connectivity index (χ0v) is 8.61. The van der Waals surface area contributed by atoms with Crippen LogP contribution >= 0.6 is 22.6 Å². The SMILES string of the molecule is CC(C)(C)OC(=O)C(F)(F)I. The van der Waals surface area contributed by atoms with E-state index in [-0.39, 0.29) is 0 Å². The minimum absolute atomic E-state index is 0.735. The van der Waals surface area contributed by atoms with Gasteiger partial charge in [-0.15, -0.1) is 0 Å². The summed E-state index contributed by atoms with van der Waals surface area (Å²) >= 11 is 0.735. The first kappa shape index (κ1) is 11.1. The van der Waals surface area contributed by atoms with Crippen molar-refractivity contribution in [1.29, 1.82) is 0 Å². The van der Waals surface area contributed by atoms with Crippen molar-refractivity contribution >= 4 is 28.6 Å². The van der Waals surface area contributed by atoms with Crippen molar-refractivity contribution in [1.82, 2.24) is 0 Å². The Hall–Kier alpha value is 0.0600. The summed E-state index contributed by atoms with van der Waals surface area (Å²) in [6.07, 6.45) is 0. The average molecular weight is 278 g/mol. The smallest absolute Gasteiger partial charge is 0.390 e. The lowest BCUT2D eigenvalue weighted by atomic mass is 10.2. The van der Waals surface area contributed by atoms with Gasteiger partial charge in [0, 0.05) is 22.6 Å². The standard InChI is InChI=1S/C6H9F2IO2/c1-5(2,3)11-4(10)6(7,8)9/h1-3H3. The third-order valence-corrected chi connectivity index (χ3v) is 1.07. The highest BCUT2D eigenvalue weighted by atomic mass is 127. The summed E-state index contributed by atoms with van der Waals surface area (Å²) in [5.74, 6) is -1.49. The molecule has 5 heteroatoms. The van der Waals surface area contributed by atoms with E-state index >= 15 is 0 Å². The van der Waals surface area contributed by atoms with E-state index in [1.54, 1.807) is 0 Å². The van der Waals surface area contributed by atoms with Gasteiger partial charge < -0.3 is 4.74 Å². The summed E-state index contributed by atoms with van der Waals surface area (Å²) in [6, 6.07) is 0. The van der Waals surface area contributed by atoms with E-state index in [1.807, 2.05) is 0 Å². The molecule has 0 aliphatic heterocycles. The molecule has 0 amide bonds. The number of carbonyl (C=O) groups is 1. The Morgan fingerprint density at radius 3 is 1.82 bits per heavy atom. The molecule has 0 aromatic carbocycles. The Labute approximate surface area is 77.4 Å². The zero-order valence-electron chi connectivity index (χ0n) is 6.45. The van der Waals surface area contributed by atoms with Crippen molar-refractivity contribution in [3.63, 3.8) is 0 Å². The third kappa shape index (κ3) is 5.34. The predicted molar refractivity (Wildman–Crippen MR) is 44.8 cm³/mol. The van der Waals surface area contributed by atoms with E-state index in [0.717, 1.165) is 22.6 Å². The summed E-state index contributed by atoms with van der Waals surface area (Å²) in [5.41, 5.74) is -0.855. The summed E-state index contributed by atoms with van der Waals surface area (Å²) in [6.45, 7) is 4.60. The maximum Gasteiger partial charge on any atom is 0.390 e.